The van der Waals surface area contributed by atoms with Crippen molar-refractivity contribution >= 4 is 5.69 Å². The van der Waals surface area contributed by atoms with Gasteiger partial charge in [0.25, 0.3) is 0 Å². The zero-order chi connectivity index (χ0) is 22.9. The molecule has 4 rings (SSSR count). The average Bonchev–Trinajstić information content (AvgIpc) is 2.87. The van der Waals surface area contributed by atoms with Crippen molar-refractivity contribution in [2.45, 2.75) is 19.3 Å². The van der Waals surface area contributed by atoms with Crippen LogP contribution in [0.4, 0.5) is 5.69 Å². The lowest BCUT2D eigenvalue weighted by atomic mass is 9.96. The molecule has 0 spiro atoms. The van der Waals surface area contributed by atoms with E-state index in [0.29, 0.717) is 23.3 Å². The van der Waals surface area contributed by atoms with E-state index in [1.807, 2.05) is 36.4 Å². The van der Waals surface area contributed by atoms with Gasteiger partial charge in [0.2, 0.25) is 5.88 Å². The molecule has 1 fully saturated rings. The molecule has 2 aromatic carbocycles. The Balaban J connectivity index is 1.48. The molecule has 1 aliphatic heterocycles. The fourth-order valence-corrected chi connectivity index (χ4v) is 3.69. The second-order valence-corrected chi connectivity index (χ2v) is 7.85. The highest BCUT2D eigenvalue weighted by Gasteiger charge is 2.15. The summed E-state index contributed by atoms with van der Waals surface area (Å²) >= 11 is 0. The number of hydrogen-bond donors (Lipinski definition) is 2. The zero-order valence-electron chi connectivity index (χ0n) is 19.0. The normalized spacial score (nSPS) is 15.5. The van der Waals surface area contributed by atoms with Crippen LogP contribution in [0.2, 0.25) is 0 Å². The molecule has 0 bridgehead atoms. The van der Waals surface area contributed by atoms with Gasteiger partial charge in [-0.2, -0.15) is 4.98 Å². The molecule has 3 aromatic rings. The molecule has 0 aliphatic carbocycles. The zero-order valence-corrected chi connectivity index (χ0v) is 19.0. The van der Waals surface area contributed by atoms with Gasteiger partial charge < -0.3 is 29.6 Å². The molecule has 1 aromatic heterocycles. The van der Waals surface area contributed by atoms with Crippen molar-refractivity contribution in [1.82, 2.24) is 15.3 Å². The van der Waals surface area contributed by atoms with E-state index in [0.717, 1.165) is 43.2 Å². The smallest absolute Gasteiger partial charge is 0.325 e. The van der Waals surface area contributed by atoms with Gasteiger partial charge in [-0.1, -0.05) is 0 Å². The molecule has 2 N–H and O–H groups in total. The topological polar surface area (TPSA) is 86.8 Å². The summed E-state index contributed by atoms with van der Waals surface area (Å²) in [6.07, 6.45) is 5.26. The number of piperidine rings is 1. The first kappa shape index (κ1) is 22.7. The second-order valence-electron chi connectivity index (χ2n) is 7.85. The molecule has 1 aliphatic rings. The van der Waals surface area contributed by atoms with Crippen molar-refractivity contribution in [1.29, 1.82) is 0 Å². The van der Waals surface area contributed by atoms with E-state index in [4.69, 9.17) is 18.9 Å². The van der Waals surface area contributed by atoms with E-state index in [-0.39, 0.29) is 6.01 Å². The number of aromatic nitrogens is 2. The minimum absolute atomic E-state index is 0.200. The third-order valence-corrected chi connectivity index (χ3v) is 5.54. The van der Waals surface area contributed by atoms with Gasteiger partial charge in [0, 0.05) is 6.54 Å². The van der Waals surface area contributed by atoms with Crippen molar-refractivity contribution in [3.8, 4) is 34.9 Å². The van der Waals surface area contributed by atoms with Gasteiger partial charge >= 0.3 is 6.01 Å². The first-order valence-corrected chi connectivity index (χ1v) is 11.2. The molecule has 8 heteroatoms. The van der Waals surface area contributed by atoms with E-state index < -0.39 is 0 Å². The summed E-state index contributed by atoms with van der Waals surface area (Å²) in [5.74, 6) is 3.84. The Morgan fingerprint density at radius 3 is 2.15 bits per heavy atom. The molecule has 8 nitrogen and oxygen atoms in total. The minimum atomic E-state index is 0.200. The van der Waals surface area contributed by atoms with Crippen molar-refractivity contribution in [2.75, 3.05) is 39.2 Å². The molecular formula is C25H30N4O4. The van der Waals surface area contributed by atoms with Crippen LogP contribution in [-0.4, -0.2) is 43.8 Å². The standard InChI is InChI=1S/C25H30N4O4/c1-30-19-5-9-21(10-6-19)32-24-23(27-15-13-18-4-3-14-26-16-18)17-28-25(29-24)33-22-11-7-20(31-2)8-12-22/h5-12,17-18,26-27H,3-4,13-16H2,1-2H3. The number of ether oxygens (including phenoxy) is 4. The molecule has 33 heavy (non-hydrogen) atoms. The van der Waals surface area contributed by atoms with Crippen LogP contribution in [0, 0.1) is 5.92 Å². The summed E-state index contributed by atoms with van der Waals surface area (Å²) in [6.45, 7) is 3.00. The van der Waals surface area contributed by atoms with E-state index >= 15 is 0 Å². The van der Waals surface area contributed by atoms with Crippen LogP contribution in [0.15, 0.2) is 54.7 Å². The minimum Gasteiger partial charge on any atom is -0.497 e. The summed E-state index contributed by atoms with van der Waals surface area (Å²) < 4.78 is 22.3. The number of anilines is 1. The molecule has 2 heterocycles. The third-order valence-electron chi connectivity index (χ3n) is 5.54. The fraction of sp³-hybridized carbons (Fsp3) is 0.360. The van der Waals surface area contributed by atoms with Gasteiger partial charge in [-0.15, -0.1) is 0 Å². The van der Waals surface area contributed by atoms with Gasteiger partial charge in [-0.25, -0.2) is 4.98 Å². The first-order chi connectivity index (χ1) is 16.2. The summed E-state index contributed by atoms with van der Waals surface area (Å²) in [5.41, 5.74) is 0.719. The van der Waals surface area contributed by atoms with E-state index in [1.165, 1.54) is 12.8 Å². The van der Waals surface area contributed by atoms with Crippen LogP contribution in [0.5, 0.6) is 34.9 Å². The maximum absolute atomic E-state index is 6.08. The van der Waals surface area contributed by atoms with E-state index in [2.05, 4.69) is 20.6 Å². The highest BCUT2D eigenvalue weighted by Crippen LogP contribution is 2.31. The quantitative estimate of drug-likeness (QED) is 0.452. The predicted molar refractivity (Wildman–Crippen MR) is 127 cm³/mol. The summed E-state index contributed by atoms with van der Waals surface area (Å²) in [7, 11) is 3.26. The van der Waals surface area contributed by atoms with Crippen molar-refractivity contribution in [3.63, 3.8) is 0 Å². The van der Waals surface area contributed by atoms with E-state index in [1.54, 1.807) is 32.5 Å². The monoisotopic (exact) mass is 450 g/mol. The Bertz CT molecular complexity index is 1010. The summed E-state index contributed by atoms with van der Waals surface area (Å²) in [6, 6.07) is 14.8. The lowest BCUT2D eigenvalue weighted by molar-refractivity contribution is 0.364. The average molecular weight is 451 g/mol. The van der Waals surface area contributed by atoms with Crippen LogP contribution in [0.25, 0.3) is 0 Å². The van der Waals surface area contributed by atoms with Crippen molar-refractivity contribution in [3.05, 3.63) is 54.7 Å². The SMILES string of the molecule is COc1ccc(Oc2ncc(NCCC3CCCNC3)c(Oc3ccc(OC)cc3)n2)cc1. The fourth-order valence-electron chi connectivity index (χ4n) is 3.69. The van der Waals surface area contributed by atoms with Gasteiger partial charge in [0.15, 0.2) is 0 Å². The lowest BCUT2D eigenvalue weighted by Crippen LogP contribution is -2.30. The molecule has 1 atom stereocenters. The second kappa shape index (κ2) is 11.4. The van der Waals surface area contributed by atoms with Crippen LogP contribution in [-0.2, 0) is 0 Å². The van der Waals surface area contributed by atoms with Gasteiger partial charge in [-0.3, -0.25) is 0 Å². The third kappa shape index (κ3) is 6.49. The maximum Gasteiger partial charge on any atom is 0.325 e. The van der Waals surface area contributed by atoms with Gasteiger partial charge in [0.05, 0.1) is 20.4 Å². The highest BCUT2D eigenvalue weighted by atomic mass is 16.5. The maximum atomic E-state index is 6.08. The number of nitrogens with one attached hydrogen (secondary N) is 2. The number of rotatable bonds is 10. The molecule has 0 radical (unpaired) electrons. The largest absolute Gasteiger partial charge is 0.497 e. The Kier molecular flexibility index (Phi) is 7.81. The Morgan fingerprint density at radius 1 is 0.909 bits per heavy atom. The number of hydrogen-bond acceptors (Lipinski definition) is 8. The van der Waals surface area contributed by atoms with Crippen LogP contribution in [0.3, 0.4) is 0 Å². The first-order valence-electron chi connectivity index (χ1n) is 11.2. The molecule has 174 valence electrons. The Morgan fingerprint density at radius 2 is 1.55 bits per heavy atom. The molecular weight excluding hydrogens is 420 g/mol. The van der Waals surface area contributed by atoms with Crippen LogP contribution >= 0.6 is 0 Å². The van der Waals surface area contributed by atoms with Crippen LogP contribution < -0.4 is 29.6 Å². The molecule has 1 unspecified atom stereocenters. The summed E-state index contributed by atoms with van der Waals surface area (Å²) in [5, 5.41) is 6.90. The molecule has 0 amide bonds. The van der Waals surface area contributed by atoms with Gasteiger partial charge in [-0.05, 0) is 86.8 Å². The predicted octanol–water partition coefficient (Wildman–Crippen LogP) is 4.88. The number of nitrogens with zero attached hydrogens (tertiary/aromatic N) is 2. The lowest BCUT2D eigenvalue weighted by Gasteiger charge is -2.23. The Labute approximate surface area is 194 Å². The number of methoxy groups -OCH3 is 2. The number of benzene rings is 2. The molecule has 1 saturated heterocycles. The van der Waals surface area contributed by atoms with Crippen LogP contribution in [0.1, 0.15) is 19.3 Å². The summed E-state index contributed by atoms with van der Waals surface area (Å²) in [4.78, 5) is 8.89. The van der Waals surface area contributed by atoms with Gasteiger partial charge in [0.1, 0.15) is 28.7 Å². The Hall–Kier alpha value is -3.52. The van der Waals surface area contributed by atoms with Crippen molar-refractivity contribution < 1.29 is 18.9 Å². The van der Waals surface area contributed by atoms with E-state index in [9.17, 15) is 0 Å². The molecule has 0 saturated carbocycles. The van der Waals surface area contributed by atoms with Crippen molar-refractivity contribution in [2.24, 2.45) is 5.92 Å². The highest BCUT2D eigenvalue weighted by molar-refractivity contribution is 5.53.